The van der Waals surface area contributed by atoms with Crippen LogP contribution in [0.4, 0.5) is 26.0 Å². The van der Waals surface area contributed by atoms with Gasteiger partial charge in [0.25, 0.3) is 5.91 Å². The number of nitrogens with zero attached hydrogens (tertiary/aromatic N) is 6. The van der Waals surface area contributed by atoms with Gasteiger partial charge in [0.05, 0.1) is 30.5 Å². The SMILES string of the molecule is Nc1nn2cc(F)cnc2c1C(=O)Nc1cncc(F)c1N1CCC(N2CCCC2=O)CC1. The standard InChI is InChI=1S/C21H22F2N8O2/c22-12-8-26-20-17(19(24)28-31(20)11-12)21(33)27-15-10-25-9-14(23)18(15)29-6-3-13(4-7-29)30-5-1-2-16(30)32/h8-11,13H,1-7H2,(H2,24,28)(H,27,33). The Balaban J connectivity index is 1.38. The molecule has 2 saturated heterocycles. The van der Waals surface area contributed by atoms with Gasteiger partial charge in [-0.1, -0.05) is 0 Å². The number of halogens is 2. The molecule has 5 rings (SSSR count). The Labute approximate surface area is 187 Å². The lowest BCUT2D eigenvalue weighted by Crippen LogP contribution is -2.45. The molecular formula is C21H22F2N8O2. The van der Waals surface area contributed by atoms with Gasteiger partial charge in [-0.2, -0.15) is 0 Å². The maximum absolute atomic E-state index is 14.8. The topological polar surface area (TPSA) is 122 Å². The number of likely N-dealkylation sites (tertiary alicyclic amines) is 1. The minimum absolute atomic E-state index is 0.0449. The summed E-state index contributed by atoms with van der Waals surface area (Å²) in [6, 6.07) is 0.143. The highest BCUT2D eigenvalue weighted by Gasteiger charge is 2.32. The summed E-state index contributed by atoms with van der Waals surface area (Å²) in [5.41, 5.74) is 6.30. The second-order valence-electron chi connectivity index (χ2n) is 8.18. The summed E-state index contributed by atoms with van der Waals surface area (Å²) >= 11 is 0. The highest BCUT2D eigenvalue weighted by Crippen LogP contribution is 2.33. The molecule has 172 valence electrons. The van der Waals surface area contributed by atoms with Gasteiger partial charge in [0.2, 0.25) is 5.91 Å². The van der Waals surface area contributed by atoms with E-state index in [4.69, 9.17) is 5.73 Å². The van der Waals surface area contributed by atoms with Crippen molar-refractivity contribution in [2.24, 2.45) is 0 Å². The molecule has 0 unspecified atom stereocenters. The molecule has 33 heavy (non-hydrogen) atoms. The number of amides is 2. The first-order valence-electron chi connectivity index (χ1n) is 10.7. The predicted octanol–water partition coefficient (Wildman–Crippen LogP) is 1.83. The lowest BCUT2D eigenvalue weighted by Gasteiger charge is -2.38. The number of hydrogen-bond acceptors (Lipinski definition) is 7. The molecule has 10 nitrogen and oxygen atoms in total. The summed E-state index contributed by atoms with van der Waals surface area (Å²) in [6.45, 7) is 1.82. The first-order chi connectivity index (χ1) is 15.9. The predicted molar refractivity (Wildman–Crippen MR) is 116 cm³/mol. The van der Waals surface area contributed by atoms with E-state index in [-0.39, 0.29) is 40.4 Å². The van der Waals surface area contributed by atoms with Gasteiger partial charge >= 0.3 is 0 Å². The van der Waals surface area contributed by atoms with Crippen LogP contribution in [0.3, 0.4) is 0 Å². The van der Waals surface area contributed by atoms with Crippen LogP contribution in [0.5, 0.6) is 0 Å². The summed E-state index contributed by atoms with van der Waals surface area (Å²) in [5, 5.41) is 6.57. The molecule has 2 aliphatic rings. The van der Waals surface area contributed by atoms with Gasteiger partial charge in [-0.3, -0.25) is 14.6 Å². The van der Waals surface area contributed by atoms with Gasteiger partial charge < -0.3 is 20.9 Å². The van der Waals surface area contributed by atoms with Crippen LogP contribution in [0, 0.1) is 11.6 Å². The van der Waals surface area contributed by atoms with Gasteiger partial charge in [-0.15, -0.1) is 5.10 Å². The zero-order valence-corrected chi connectivity index (χ0v) is 17.7. The quantitative estimate of drug-likeness (QED) is 0.614. The second kappa shape index (κ2) is 8.26. The fraction of sp³-hybridized carbons (Fsp3) is 0.381. The highest BCUT2D eigenvalue weighted by molar-refractivity contribution is 6.12. The monoisotopic (exact) mass is 456 g/mol. The van der Waals surface area contributed by atoms with Crippen molar-refractivity contribution in [3.63, 3.8) is 0 Å². The Morgan fingerprint density at radius 2 is 1.94 bits per heavy atom. The molecule has 0 aromatic carbocycles. The summed E-state index contributed by atoms with van der Waals surface area (Å²) < 4.78 is 29.4. The number of carbonyl (C=O) groups is 2. The Hall–Kier alpha value is -3.83. The molecule has 2 fully saturated rings. The Bertz CT molecular complexity index is 1240. The van der Waals surface area contributed by atoms with Crippen LogP contribution in [0.2, 0.25) is 0 Å². The van der Waals surface area contributed by atoms with Crippen LogP contribution in [-0.4, -0.2) is 62.0 Å². The summed E-state index contributed by atoms with van der Waals surface area (Å²) in [5.74, 6) is -1.82. The molecule has 0 aliphatic carbocycles. The molecule has 0 saturated carbocycles. The van der Waals surface area contributed by atoms with E-state index in [2.05, 4.69) is 20.4 Å². The minimum atomic E-state index is -0.659. The van der Waals surface area contributed by atoms with Crippen LogP contribution < -0.4 is 16.0 Å². The fourth-order valence-corrected chi connectivity index (χ4v) is 4.63. The Morgan fingerprint density at radius 1 is 1.15 bits per heavy atom. The number of anilines is 3. The Kier molecular flexibility index (Phi) is 5.27. The van der Waals surface area contributed by atoms with E-state index in [1.54, 1.807) is 0 Å². The molecule has 2 aliphatic heterocycles. The lowest BCUT2D eigenvalue weighted by molar-refractivity contribution is -0.130. The van der Waals surface area contributed by atoms with Gasteiger partial charge in [-0.25, -0.2) is 18.3 Å². The third-order valence-electron chi connectivity index (χ3n) is 6.15. The van der Waals surface area contributed by atoms with Gasteiger partial charge in [0.1, 0.15) is 11.3 Å². The van der Waals surface area contributed by atoms with Gasteiger partial charge in [-0.05, 0) is 19.3 Å². The van der Waals surface area contributed by atoms with E-state index in [1.807, 2.05) is 9.80 Å². The average molecular weight is 456 g/mol. The molecule has 5 heterocycles. The number of hydrogen-bond donors (Lipinski definition) is 2. The molecule has 3 N–H and O–H groups in total. The molecule has 2 amide bonds. The smallest absolute Gasteiger partial charge is 0.263 e. The van der Waals surface area contributed by atoms with E-state index in [0.29, 0.717) is 32.4 Å². The van der Waals surface area contributed by atoms with Crippen LogP contribution in [-0.2, 0) is 4.79 Å². The first kappa shape index (κ1) is 21.0. The maximum atomic E-state index is 14.8. The average Bonchev–Trinajstić information content (AvgIpc) is 3.35. The van der Waals surface area contributed by atoms with Gasteiger partial charge in [0.15, 0.2) is 23.1 Å². The number of rotatable bonds is 4. The molecule has 12 heteroatoms. The van der Waals surface area contributed by atoms with Crippen molar-refractivity contribution < 1.29 is 18.4 Å². The molecule has 0 radical (unpaired) electrons. The van der Waals surface area contributed by atoms with Crippen molar-refractivity contribution in [3.8, 4) is 0 Å². The fourth-order valence-electron chi connectivity index (χ4n) is 4.63. The number of piperidine rings is 1. The van der Waals surface area contributed by atoms with Crippen molar-refractivity contribution in [2.75, 3.05) is 35.6 Å². The maximum Gasteiger partial charge on any atom is 0.263 e. The van der Waals surface area contributed by atoms with Crippen LogP contribution >= 0.6 is 0 Å². The molecule has 3 aromatic heterocycles. The van der Waals surface area contributed by atoms with Gasteiger partial charge in [0, 0.05) is 32.1 Å². The largest absolute Gasteiger partial charge is 0.381 e. The number of nitrogens with two attached hydrogens (primary N) is 1. The number of fused-ring (bicyclic) bond motifs is 1. The number of nitrogens with one attached hydrogen (secondary N) is 1. The Morgan fingerprint density at radius 3 is 2.67 bits per heavy atom. The molecular weight excluding hydrogens is 434 g/mol. The normalized spacial score (nSPS) is 17.2. The summed E-state index contributed by atoms with van der Waals surface area (Å²) in [4.78, 5) is 36.6. The highest BCUT2D eigenvalue weighted by atomic mass is 19.1. The molecule has 3 aromatic rings. The number of pyridine rings is 1. The van der Waals surface area contributed by atoms with Crippen molar-refractivity contribution in [3.05, 3.63) is 42.0 Å². The minimum Gasteiger partial charge on any atom is -0.381 e. The number of aromatic nitrogens is 4. The first-order valence-corrected chi connectivity index (χ1v) is 10.7. The third-order valence-corrected chi connectivity index (χ3v) is 6.15. The van der Waals surface area contributed by atoms with E-state index < -0.39 is 17.5 Å². The van der Waals surface area contributed by atoms with E-state index in [1.165, 1.54) is 6.20 Å². The molecule has 0 bridgehead atoms. The zero-order valence-electron chi connectivity index (χ0n) is 17.7. The second-order valence-corrected chi connectivity index (χ2v) is 8.18. The van der Waals surface area contributed by atoms with Crippen LogP contribution in [0.15, 0.2) is 24.8 Å². The number of carbonyl (C=O) groups excluding carboxylic acids is 2. The van der Waals surface area contributed by atoms with Crippen molar-refractivity contribution in [1.82, 2.24) is 24.5 Å². The van der Waals surface area contributed by atoms with E-state index in [9.17, 15) is 18.4 Å². The zero-order chi connectivity index (χ0) is 23.1. The van der Waals surface area contributed by atoms with Crippen LogP contribution in [0.25, 0.3) is 5.65 Å². The van der Waals surface area contributed by atoms with Crippen LogP contribution in [0.1, 0.15) is 36.0 Å². The van der Waals surface area contributed by atoms with E-state index >= 15 is 0 Å². The lowest BCUT2D eigenvalue weighted by atomic mass is 10.0. The van der Waals surface area contributed by atoms with E-state index in [0.717, 1.165) is 36.1 Å². The molecule has 0 atom stereocenters. The molecule has 0 spiro atoms. The summed E-state index contributed by atoms with van der Waals surface area (Å²) in [6.07, 6.45) is 7.34. The van der Waals surface area contributed by atoms with Crippen molar-refractivity contribution in [1.29, 1.82) is 0 Å². The number of nitrogen functional groups attached to an aromatic ring is 1. The van der Waals surface area contributed by atoms with Crippen molar-refractivity contribution >= 4 is 34.7 Å². The van der Waals surface area contributed by atoms with Crippen molar-refractivity contribution in [2.45, 2.75) is 31.7 Å². The summed E-state index contributed by atoms with van der Waals surface area (Å²) in [7, 11) is 0. The third kappa shape index (κ3) is 3.81.